The van der Waals surface area contributed by atoms with E-state index < -0.39 is 6.09 Å². The topological polar surface area (TPSA) is 94.0 Å². The number of nitrogens with zero attached hydrogens (tertiary/aromatic N) is 4. The monoisotopic (exact) mass is 350 g/mol. The average molecular weight is 350 g/mol. The van der Waals surface area contributed by atoms with E-state index in [0.717, 1.165) is 24.2 Å². The molecule has 8 nitrogen and oxygen atoms in total. The molecule has 0 atom stereocenters. The van der Waals surface area contributed by atoms with E-state index in [-0.39, 0.29) is 6.61 Å². The van der Waals surface area contributed by atoms with Gasteiger partial charge in [0.05, 0.1) is 0 Å². The Balaban J connectivity index is 1.35. The Hall–Kier alpha value is -3.42. The maximum atomic E-state index is 11.8. The highest BCUT2D eigenvalue weighted by molar-refractivity contribution is 5.69. The van der Waals surface area contributed by atoms with Gasteiger partial charge >= 0.3 is 6.09 Å². The summed E-state index contributed by atoms with van der Waals surface area (Å²) in [7, 11) is 0. The molecule has 0 bridgehead atoms. The SMILES string of the molecule is O=C(NNc1cccc(-c2nncn2C2CC2)n1)OCc1ccccc1. The van der Waals surface area contributed by atoms with Crippen LogP contribution in [-0.4, -0.2) is 25.8 Å². The number of hydrazine groups is 1. The van der Waals surface area contributed by atoms with Crippen molar-refractivity contribution in [3.05, 3.63) is 60.4 Å². The second-order valence-electron chi connectivity index (χ2n) is 6.01. The van der Waals surface area contributed by atoms with Crippen molar-refractivity contribution >= 4 is 11.9 Å². The second kappa shape index (κ2) is 7.22. The Labute approximate surface area is 150 Å². The highest BCUT2D eigenvalue weighted by Crippen LogP contribution is 2.37. The summed E-state index contributed by atoms with van der Waals surface area (Å²) in [5, 5.41) is 8.14. The van der Waals surface area contributed by atoms with Crippen LogP contribution in [0.2, 0.25) is 0 Å². The zero-order valence-corrected chi connectivity index (χ0v) is 14.0. The van der Waals surface area contributed by atoms with Crippen LogP contribution < -0.4 is 10.9 Å². The fraction of sp³-hybridized carbons (Fsp3) is 0.222. The molecule has 2 heterocycles. The van der Waals surface area contributed by atoms with Gasteiger partial charge in [-0.15, -0.1) is 10.2 Å². The van der Waals surface area contributed by atoms with Gasteiger partial charge in [-0.3, -0.25) is 5.43 Å². The van der Waals surface area contributed by atoms with Crippen molar-refractivity contribution in [2.75, 3.05) is 5.43 Å². The molecule has 1 amide bonds. The van der Waals surface area contributed by atoms with Crippen LogP contribution in [0.4, 0.5) is 10.6 Å². The van der Waals surface area contributed by atoms with Crippen LogP contribution in [0.15, 0.2) is 54.9 Å². The molecule has 0 unspecified atom stereocenters. The van der Waals surface area contributed by atoms with Crippen LogP contribution in [0.5, 0.6) is 0 Å². The minimum absolute atomic E-state index is 0.201. The van der Waals surface area contributed by atoms with Gasteiger partial charge < -0.3 is 9.30 Å². The molecule has 2 N–H and O–H groups in total. The number of pyridine rings is 1. The molecule has 1 aliphatic rings. The standard InChI is InChI=1S/C18H18N6O2/c25-18(26-11-13-5-2-1-3-6-13)23-21-16-8-4-7-15(20-16)17-22-19-12-24(17)14-9-10-14/h1-8,12,14H,9-11H2,(H,20,21)(H,23,25). The van der Waals surface area contributed by atoms with E-state index in [2.05, 4.69) is 26.0 Å². The van der Waals surface area contributed by atoms with Gasteiger partial charge in [-0.25, -0.2) is 15.2 Å². The van der Waals surface area contributed by atoms with Gasteiger partial charge in [0.1, 0.15) is 24.4 Å². The number of anilines is 1. The summed E-state index contributed by atoms with van der Waals surface area (Å²) in [4.78, 5) is 16.3. The van der Waals surface area contributed by atoms with Crippen molar-refractivity contribution in [3.63, 3.8) is 0 Å². The van der Waals surface area contributed by atoms with Crippen molar-refractivity contribution in [1.29, 1.82) is 0 Å². The minimum Gasteiger partial charge on any atom is -0.443 e. The van der Waals surface area contributed by atoms with E-state index in [9.17, 15) is 4.79 Å². The first-order valence-corrected chi connectivity index (χ1v) is 8.39. The molecule has 26 heavy (non-hydrogen) atoms. The molecule has 4 rings (SSSR count). The van der Waals surface area contributed by atoms with E-state index in [1.807, 2.05) is 47.0 Å². The smallest absolute Gasteiger partial charge is 0.426 e. The number of hydrogen-bond donors (Lipinski definition) is 2. The van der Waals surface area contributed by atoms with Crippen molar-refractivity contribution in [2.45, 2.75) is 25.5 Å². The number of nitrogens with one attached hydrogen (secondary N) is 2. The molecule has 8 heteroatoms. The number of aromatic nitrogens is 4. The maximum Gasteiger partial charge on any atom is 0.426 e. The molecule has 0 aliphatic heterocycles. The average Bonchev–Trinajstić information content (AvgIpc) is 3.42. The summed E-state index contributed by atoms with van der Waals surface area (Å²) in [6.07, 6.45) is 3.42. The van der Waals surface area contributed by atoms with E-state index in [4.69, 9.17) is 4.74 Å². The highest BCUT2D eigenvalue weighted by atomic mass is 16.6. The third kappa shape index (κ3) is 3.80. The normalized spacial score (nSPS) is 13.2. The van der Waals surface area contributed by atoms with Gasteiger partial charge in [-0.05, 0) is 30.5 Å². The molecule has 1 aliphatic carbocycles. The molecule has 0 saturated heterocycles. The van der Waals surface area contributed by atoms with Crippen LogP contribution in [0.1, 0.15) is 24.4 Å². The summed E-state index contributed by atoms with van der Waals surface area (Å²) in [6, 6.07) is 15.4. The Bertz CT molecular complexity index is 891. The zero-order chi connectivity index (χ0) is 17.8. The number of rotatable bonds is 6. The summed E-state index contributed by atoms with van der Waals surface area (Å²) in [5.74, 6) is 1.22. The number of ether oxygens (including phenoxy) is 1. The Morgan fingerprint density at radius 3 is 2.81 bits per heavy atom. The quantitative estimate of drug-likeness (QED) is 0.664. The first kappa shape index (κ1) is 16.1. The van der Waals surface area contributed by atoms with Crippen LogP contribution in [0, 0.1) is 0 Å². The number of benzene rings is 1. The lowest BCUT2D eigenvalue weighted by Gasteiger charge is -2.10. The Kier molecular flexibility index (Phi) is 4.46. The first-order valence-electron chi connectivity index (χ1n) is 8.39. The molecule has 1 aromatic carbocycles. The summed E-state index contributed by atoms with van der Waals surface area (Å²) < 4.78 is 7.18. The van der Waals surface area contributed by atoms with Gasteiger partial charge in [0, 0.05) is 6.04 Å². The Morgan fingerprint density at radius 2 is 2.00 bits per heavy atom. The van der Waals surface area contributed by atoms with E-state index in [0.29, 0.717) is 17.6 Å². The van der Waals surface area contributed by atoms with Gasteiger partial charge in [0.25, 0.3) is 0 Å². The summed E-state index contributed by atoms with van der Waals surface area (Å²) in [6.45, 7) is 0.201. The van der Waals surface area contributed by atoms with E-state index >= 15 is 0 Å². The number of hydrogen-bond acceptors (Lipinski definition) is 6. The van der Waals surface area contributed by atoms with Gasteiger partial charge in [0.2, 0.25) is 0 Å². The molecule has 1 fully saturated rings. The van der Waals surface area contributed by atoms with Gasteiger partial charge in [-0.1, -0.05) is 36.4 Å². The third-order valence-corrected chi connectivity index (χ3v) is 4.00. The maximum absolute atomic E-state index is 11.8. The summed E-state index contributed by atoms with van der Waals surface area (Å²) >= 11 is 0. The van der Waals surface area contributed by atoms with Crippen molar-refractivity contribution in [2.24, 2.45) is 0 Å². The van der Waals surface area contributed by atoms with Crippen molar-refractivity contribution in [1.82, 2.24) is 25.2 Å². The molecule has 0 radical (unpaired) electrons. The van der Waals surface area contributed by atoms with Crippen LogP contribution in [-0.2, 0) is 11.3 Å². The third-order valence-electron chi connectivity index (χ3n) is 4.00. The van der Waals surface area contributed by atoms with Crippen LogP contribution >= 0.6 is 0 Å². The minimum atomic E-state index is -0.581. The van der Waals surface area contributed by atoms with Crippen molar-refractivity contribution < 1.29 is 9.53 Å². The molecule has 1 saturated carbocycles. The lowest BCUT2D eigenvalue weighted by molar-refractivity contribution is 0.142. The summed E-state index contributed by atoms with van der Waals surface area (Å²) in [5.41, 5.74) is 6.84. The fourth-order valence-electron chi connectivity index (χ4n) is 2.55. The molecule has 2 aromatic heterocycles. The first-order chi connectivity index (χ1) is 12.8. The largest absolute Gasteiger partial charge is 0.443 e. The van der Waals surface area contributed by atoms with Gasteiger partial charge in [-0.2, -0.15) is 0 Å². The molecule has 3 aromatic rings. The lowest BCUT2D eigenvalue weighted by Crippen LogP contribution is -2.30. The lowest BCUT2D eigenvalue weighted by atomic mass is 10.2. The predicted octanol–water partition coefficient (Wildman–Crippen LogP) is 2.93. The number of carbonyl (C=O) groups excluding carboxylic acids is 1. The fourth-order valence-corrected chi connectivity index (χ4v) is 2.55. The van der Waals surface area contributed by atoms with Gasteiger partial charge in [0.15, 0.2) is 5.82 Å². The van der Waals surface area contributed by atoms with E-state index in [1.165, 1.54) is 0 Å². The highest BCUT2D eigenvalue weighted by Gasteiger charge is 2.27. The van der Waals surface area contributed by atoms with E-state index in [1.54, 1.807) is 12.4 Å². The van der Waals surface area contributed by atoms with Crippen LogP contribution in [0.25, 0.3) is 11.5 Å². The van der Waals surface area contributed by atoms with Crippen LogP contribution in [0.3, 0.4) is 0 Å². The number of amides is 1. The molecule has 0 spiro atoms. The Morgan fingerprint density at radius 1 is 1.15 bits per heavy atom. The molecular weight excluding hydrogens is 332 g/mol. The molecular formula is C18H18N6O2. The zero-order valence-electron chi connectivity index (χ0n) is 14.0. The number of carbonyl (C=O) groups is 1. The second-order valence-corrected chi connectivity index (χ2v) is 6.01. The molecule has 132 valence electrons. The predicted molar refractivity (Wildman–Crippen MR) is 94.9 cm³/mol. The van der Waals surface area contributed by atoms with Crippen molar-refractivity contribution in [3.8, 4) is 11.5 Å².